The zero-order valence-electron chi connectivity index (χ0n) is 13.4. The molecule has 0 aromatic heterocycles. The Morgan fingerprint density at radius 3 is 2.90 bits per heavy atom. The van der Waals surface area contributed by atoms with Crippen LogP contribution in [0.2, 0.25) is 0 Å². The minimum atomic E-state index is 0.297. The topological polar surface area (TPSA) is 24.5 Å². The molecule has 0 aliphatic carbocycles. The molecule has 2 aliphatic rings. The van der Waals surface area contributed by atoms with Crippen LogP contribution in [0, 0.1) is 6.92 Å². The molecule has 3 rings (SSSR count). The number of piperidine rings is 1. The van der Waals surface area contributed by atoms with Crippen molar-refractivity contribution in [2.75, 3.05) is 26.2 Å². The van der Waals surface area contributed by atoms with Crippen LogP contribution in [-0.4, -0.2) is 43.2 Å². The zero-order chi connectivity index (χ0) is 14.7. The first kappa shape index (κ1) is 14.9. The van der Waals surface area contributed by atoms with Gasteiger partial charge in [0.2, 0.25) is 0 Å². The van der Waals surface area contributed by atoms with Crippen molar-refractivity contribution in [2.45, 2.75) is 51.7 Å². The predicted molar refractivity (Wildman–Crippen MR) is 87.1 cm³/mol. The van der Waals surface area contributed by atoms with Crippen LogP contribution < -0.4 is 10.1 Å². The van der Waals surface area contributed by atoms with Gasteiger partial charge in [-0.1, -0.05) is 24.1 Å². The largest absolute Gasteiger partial charge is 0.488 e. The number of hydrogen-bond acceptors (Lipinski definition) is 3. The molecule has 21 heavy (non-hydrogen) atoms. The van der Waals surface area contributed by atoms with Crippen molar-refractivity contribution in [1.29, 1.82) is 0 Å². The molecule has 3 nitrogen and oxygen atoms in total. The van der Waals surface area contributed by atoms with Crippen LogP contribution in [0.5, 0.6) is 5.75 Å². The molecule has 2 atom stereocenters. The van der Waals surface area contributed by atoms with Gasteiger partial charge in [0.05, 0.1) is 0 Å². The monoisotopic (exact) mass is 288 g/mol. The molecule has 3 heteroatoms. The molecule has 0 radical (unpaired) electrons. The molecule has 1 N–H and O–H groups in total. The van der Waals surface area contributed by atoms with Gasteiger partial charge in [0.15, 0.2) is 0 Å². The molecule has 2 aliphatic heterocycles. The predicted octanol–water partition coefficient (Wildman–Crippen LogP) is 2.76. The number of aryl methyl sites for hydroxylation is 1. The maximum absolute atomic E-state index is 6.03. The average Bonchev–Trinajstić information content (AvgIpc) is 2.88. The lowest BCUT2D eigenvalue weighted by Gasteiger charge is -2.29. The van der Waals surface area contributed by atoms with Gasteiger partial charge in [-0.2, -0.15) is 0 Å². The van der Waals surface area contributed by atoms with Crippen molar-refractivity contribution in [1.82, 2.24) is 10.2 Å². The van der Waals surface area contributed by atoms with Gasteiger partial charge in [0.25, 0.3) is 0 Å². The van der Waals surface area contributed by atoms with Crippen LogP contribution >= 0.6 is 0 Å². The minimum absolute atomic E-state index is 0.297. The molecule has 0 bridgehead atoms. The third-order valence-corrected chi connectivity index (χ3v) is 4.63. The molecule has 1 fully saturated rings. The summed E-state index contributed by atoms with van der Waals surface area (Å²) in [6.45, 7) is 9.10. The Labute approximate surface area is 128 Å². The fourth-order valence-electron chi connectivity index (χ4n) is 3.49. The van der Waals surface area contributed by atoms with Crippen LogP contribution in [0.1, 0.15) is 37.3 Å². The Bertz CT molecular complexity index is 468. The van der Waals surface area contributed by atoms with Crippen molar-refractivity contribution < 1.29 is 4.74 Å². The zero-order valence-corrected chi connectivity index (χ0v) is 13.4. The Kier molecular flexibility index (Phi) is 4.81. The van der Waals surface area contributed by atoms with Crippen LogP contribution in [0.15, 0.2) is 18.2 Å². The highest BCUT2D eigenvalue weighted by atomic mass is 16.5. The fraction of sp³-hybridized carbons (Fsp3) is 0.667. The quantitative estimate of drug-likeness (QED) is 0.901. The summed E-state index contributed by atoms with van der Waals surface area (Å²) in [6.07, 6.45) is 5.48. The van der Waals surface area contributed by atoms with Crippen molar-refractivity contribution in [2.24, 2.45) is 0 Å². The number of likely N-dealkylation sites (tertiary alicyclic amines) is 1. The summed E-state index contributed by atoms with van der Waals surface area (Å²) in [5.74, 6) is 1.08. The molecule has 1 aromatic carbocycles. The highest BCUT2D eigenvalue weighted by Gasteiger charge is 2.23. The second-order valence-corrected chi connectivity index (χ2v) is 6.73. The number of nitrogens with one attached hydrogen (secondary N) is 1. The normalized spacial score (nSPS) is 23.6. The summed E-state index contributed by atoms with van der Waals surface area (Å²) in [5.41, 5.74) is 2.69. The van der Waals surface area contributed by atoms with E-state index in [9.17, 15) is 0 Å². The van der Waals surface area contributed by atoms with Crippen molar-refractivity contribution in [3.05, 3.63) is 29.3 Å². The van der Waals surface area contributed by atoms with Gasteiger partial charge in [-0.05, 0) is 51.4 Å². The summed E-state index contributed by atoms with van der Waals surface area (Å²) in [6, 6.07) is 7.04. The number of ether oxygens (including phenoxy) is 1. The van der Waals surface area contributed by atoms with Gasteiger partial charge in [0, 0.05) is 25.6 Å². The first-order valence-electron chi connectivity index (χ1n) is 8.42. The highest BCUT2D eigenvalue weighted by Crippen LogP contribution is 2.29. The van der Waals surface area contributed by atoms with Gasteiger partial charge in [0.1, 0.15) is 11.9 Å². The third kappa shape index (κ3) is 3.98. The molecule has 0 spiro atoms. The van der Waals surface area contributed by atoms with E-state index in [1.54, 1.807) is 0 Å². The Hall–Kier alpha value is -1.06. The molecular formula is C18H28N2O. The lowest BCUT2D eigenvalue weighted by atomic mass is 10.1. The minimum Gasteiger partial charge on any atom is -0.488 e. The lowest BCUT2D eigenvalue weighted by molar-refractivity contribution is 0.190. The van der Waals surface area contributed by atoms with Crippen molar-refractivity contribution in [3.63, 3.8) is 0 Å². The van der Waals surface area contributed by atoms with E-state index in [0.717, 1.165) is 18.7 Å². The van der Waals surface area contributed by atoms with Crippen molar-refractivity contribution >= 4 is 0 Å². The SMILES string of the molecule is Cc1ccc2c(c1)CC(CNC(C)CN1CCCCC1)O2. The van der Waals surface area contributed by atoms with Crippen LogP contribution in [0.25, 0.3) is 0 Å². The molecule has 0 amide bonds. The molecule has 1 saturated heterocycles. The van der Waals surface area contributed by atoms with E-state index in [-0.39, 0.29) is 0 Å². The number of benzene rings is 1. The molecule has 2 heterocycles. The molecule has 0 saturated carbocycles. The Balaban J connectivity index is 1.42. The maximum Gasteiger partial charge on any atom is 0.123 e. The van der Waals surface area contributed by atoms with E-state index >= 15 is 0 Å². The van der Waals surface area contributed by atoms with E-state index in [1.807, 2.05) is 0 Å². The fourth-order valence-corrected chi connectivity index (χ4v) is 3.49. The second-order valence-electron chi connectivity index (χ2n) is 6.73. The maximum atomic E-state index is 6.03. The number of fused-ring (bicyclic) bond motifs is 1. The smallest absolute Gasteiger partial charge is 0.123 e. The van der Waals surface area contributed by atoms with E-state index in [2.05, 4.69) is 42.3 Å². The van der Waals surface area contributed by atoms with E-state index in [1.165, 1.54) is 50.0 Å². The molecular weight excluding hydrogens is 260 g/mol. The summed E-state index contributed by atoms with van der Waals surface area (Å²) >= 11 is 0. The Morgan fingerprint density at radius 1 is 1.29 bits per heavy atom. The molecule has 116 valence electrons. The van der Waals surface area contributed by atoms with Crippen molar-refractivity contribution in [3.8, 4) is 5.75 Å². The number of hydrogen-bond donors (Lipinski definition) is 1. The first-order chi connectivity index (χ1) is 10.2. The van der Waals surface area contributed by atoms with E-state index in [0.29, 0.717) is 12.1 Å². The van der Waals surface area contributed by atoms with E-state index < -0.39 is 0 Å². The second kappa shape index (κ2) is 6.80. The summed E-state index contributed by atoms with van der Waals surface area (Å²) < 4.78 is 6.03. The molecule has 1 aromatic rings. The standard InChI is InChI=1S/C18H28N2O/c1-14-6-7-18-16(10-14)11-17(21-18)12-19-15(2)13-20-8-4-3-5-9-20/h6-7,10,15,17,19H,3-5,8-9,11-13H2,1-2H3. The van der Waals surface area contributed by atoms with Gasteiger partial charge in [-0.25, -0.2) is 0 Å². The average molecular weight is 288 g/mol. The first-order valence-corrected chi connectivity index (χ1v) is 8.42. The summed E-state index contributed by atoms with van der Waals surface area (Å²) in [7, 11) is 0. The van der Waals surface area contributed by atoms with Crippen LogP contribution in [-0.2, 0) is 6.42 Å². The summed E-state index contributed by atoms with van der Waals surface area (Å²) in [4.78, 5) is 2.59. The van der Waals surface area contributed by atoms with E-state index in [4.69, 9.17) is 4.74 Å². The van der Waals surface area contributed by atoms with Gasteiger partial charge in [-0.15, -0.1) is 0 Å². The van der Waals surface area contributed by atoms with Gasteiger partial charge in [-0.3, -0.25) is 0 Å². The lowest BCUT2D eigenvalue weighted by Crippen LogP contribution is -2.44. The Morgan fingerprint density at radius 2 is 2.10 bits per heavy atom. The summed E-state index contributed by atoms with van der Waals surface area (Å²) in [5, 5.41) is 3.65. The third-order valence-electron chi connectivity index (χ3n) is 4.63. The van der Waals surface area contributed by atoms with Gasteiger partial charge < -0.3 is 15.0 Å². The van der Waals surface area contributed by atoms with Crippen LogP contribution in [0.4, 0.5) is 0 Å². The molecule has 2 unspecified atom stereocenters. The van der Waals surface area contributed by atoms with Gasteiger partial charge >= 0.3 is 0 Å². The number of rotatable bonds is 5. The highest BCUT2D eigenvalue weighted by molar-refractivity contribution is 5.40. The van der Waals surface area contributed by atoms with Crippen LogP contribution in [0.3, 0.4) is 0 Å². The number of nitrogens with zero attached hydrogens (tertiary/aromatic N) is 1.